The zero-order valence-electron chi connectivity index (χ0n) is 11.5. The summed E-state index contributed by atoms with van der Waals surface area (Å²) in [5.74, 6) is -19.0. The maximum absolute atomic E-state index is 13.1. The summed E-state index contributed by atoms with van der Waals surface area (Å²) in [4.78, 5) is 0. The highest BCUT2D eigenvalue weighted by molar-refractivity contribution is 4.97. The van der Waals surface area contributed by atoms with Crippen molar-refractivity contribution in [1.82, 2.24) is 0 Å². The van der Waals surface area contributed by atoms with E-state index in [4.69, 9.17) is 9.47 Å². The molecule has 1 atom stereocenters. The minimum atomic E-state index is -6.26. The van der Waals surface area contributed by atoms with Gasteiger partial charge in [0, 0.05) is 0 Å². The molecule has 1 rings (SSSR count). The minimum absolute atomic E-state index is 0.0812. The zero-order valence-corrected chi connectivity index (χ0v) is 11.5. The molecular formula is C11H14F8O3. The zero-order chi connectivity index (χ0) is 17.4. The summed E-state index contributed by atoms with van der Waals surface area (Å²) in [5, 5.41) is 0. The summed E-state index contributed by atoms with van der Waals surface area (Å²) in [5.41, 5.74) is 0. The fourth-order valence-corrected chi connectivity index (χ4v) is 1.64. The van der Waals surface area contributed by atoms with Crippen molar-refractivity contribution in [3.63, 3.8) is 0 Å². The highest BCUT2D eigenvalue weighted by Gasteiger charge is 2.75. The van der Waals surface area contributed by atoms with Crippen LogP contribution in [0.2, 0.25) is 0 Å². The van der Waals surface area contributed by atoms with Gasteiger partial charge < -0.3 is 14.2 Å². The minimum Gasteiger partial charge on any atom is -0.372 e. The smallest absolute Gasteiger partial charge is 0.372 e. The van der Waals surface area contributed by atoms with Gasteiger partial charge in [-0.2, -0.15) is 26.3 Å². The van der Waals surface area contributed by atoms with Crippen molar-refractivity contribution in [1.29, 1.82) is 0 Å². The third-order valence-electron chi connectivity index (χ3n) is 2.81. The Bertz CT molecular complexity index is 386. The van der Waals surface area contributed by atoms with Crippen LogP contribution in [0, 0.1) is 0 Å². The standard InChI is InChI=1S/C11H14F8O3/c1-8(2)21-4-6(22-8)3-20-5-9(14,15)11(18,19)10(16,17)7(12)13/h6-7H,3-5H2,1-2H3. The predicted octanol–water partition coefficient (Wildman–Crippen LogP) is 3.33. The number of hydrogen-bond donors (Lipinski definition) is 0. The van der Waals surface area contributed by atoms with Gasteiger partial charge in [0.2, 0.25) is 0 Å². The normalized spacial score (nSPS) is 23.3. The molecule has 0 aromatic carbocycles. The summed E-state index contributed by atoms with van der Waals surface area (Å²) in [6.07, 6.45) is -5.81. The fraction of sp³-hybridized carbons (Fsp3) is 1.00. The lowest BCUT2D eigenvalue weighted by molar-refractivity contribution is -0.346. The van der Waals surface area contributed by atoms with Crippen molar-refractivity contribution in [2.24, 2.45) is 0 Å². The molecule has 0 bridgehead atoms. The van der Waals surface area contributed by atoms with Crippen LogP contribution in [0.3, 0.4) is 0 Å². The highest BCUT2D eigenvalue weighted by atomic mass is 19.4. The molecule has 1 aliphatic heterocycles. The van der Waals surface area contributed by atoms with Gasteiger partial charge >= 0.3 is 24.2 Å². The highest BCUT2D eigenvalue weighted by Crippen LogP contribution is 2.48. The first-order valence-electron chi connectivity index (χ1n) is 6.04. The molecule has 1 heterocycles. The van der Waals surface area contributed by atoms with Crippen molar-refractivity contribution < 1.29 is 49.3 Å². The van der Waals surface area contributed by atoms with Gasteiger partial charge in [0.05, 0.1) is 13.2 Å². The molecule has 0 N–H and O–H groups in total. The molecule has 0 spiro atoms. The van der Waals surface area contributed by atoms with Crippen LogP contribution in [0.4, 0.5) is 35.1 Å². The summed E-state index contributed by atoms with van der Waals surface area (Å²) in [7, 11) is 0. The van der Waals surface area contributed by atoms with Gasteiger partial charge in [-0.1, -0.05) is 0 Å². The van der Waals surface area contributed by atoms with Crippen LogP contribution < -0.4 is 0 Å². The van der Waals surface area contributed by atoms with E-state index in [1.807, 2.05) is 0 Å². The summed E-state index contributed by atoms with van der Waals surface area (Å²) in [6.45, 7) is 0.109. The van der Waals surface area contributed by atoms with Gasteiger partial charge in [0.25, 0.3) is 0 Å². The Balaban J connectivity index is 2.60. The molecule has 0 radical (unpaired) electrons. The average Bonchev–Trinajstić information content (AvgIpc) is 2.68. The van der Waals surface area contributed by atoms with Crippen molar-refractivity contribution in [3.8, 4) is 0 Å². The summed E-state index contributed by atoms with van der Waals surface area (Å²) >= 11 is 0. The van der Waals surface area contributed by atoms with Crippen LogP contribution in [-0.2, 0) is 14.2 Å². The van der Waals surface area contributed by atoms with Crippen molar-refractivity contribution in [2.75, 3.05) is 19.8 Å². The molecule has 0 aromatic heterocycles. The molecule has 1 saturated heterocycles. The second kappa shape index (κ2) is 6.08. The first-order valence-corrected chi connectivity index (χ1v) is 6.04. The molecule has 0 aromatic rings. The third kappa shape index (κ3) is 3.80. The molecule has 1 aliphatic rings. The van der Waals surface area contributed by atoms with E-state index in [0.717, 1.165) is 0 Å². The predicted molar refractivity (Wildman–Crippen MR) is 56.6 cm³/mol. The van der Waals surface area contributed by atoms with E-state index < -0.39 is 49.3 Å². The number of halogens is 8. The van der Waals surface area contributed by atoms with Crippen LogP contribution >= 0.6 is 0 Å². The van der Waals surface area contributed by atoms with Crippen LogP contribution in [-0.4, -0.2) is 55.9 Å². The van der Waals surface area contributed by atoms with Gasteiger partial charge in [-0.25, -0.2) is 8.78 Å². The largest absolute Gasteiger partial charge is 0.380 e. The maximum Gasteiger partial charge on any atom is 0.380 e. The van der Waals surface area contributed by atoms with E-state index in [1.54, 1.807) is 0 Å². The first kappa shape index (κ1) is 19.4. The summed E-state index contributed by atoms with van der Waals surface area (Å²) < 4.78 is 115. The molecular weight excluding hydrogens is 332 g/mol. The number of ether oxygens (including phenoxy) is 3. The lowest BCUT2D eigenvalue weighted by Crippen LogP contribution is -2.59. The van der Waals surface area contributed by atoms with Crippen LogP contribution in [0.25, 0.3) is 0 Å². The molecule has 11 heteroatoms. The van der Waals surface area contributed by atoms with Gasteiger partial charge in [0.1, 0.15) is 12.7 Å². The Hall–Kier alpha value is -0.680. The SMILES string of the molecule is CC1(C)OCC(COCC(F)(F)C(F)(F)C(F)(F)C(F)F)O1. The van der Waals surface area contributed by atoms with Crippen LogP contribution in [0.5, 0.6) is 0 Å². The second-order valence-corrected chi connectivity index (χ2v) is 5.17. The van der Waals surface area contributed by atoms with E-state index in [1.165, 1.54) is 13.8 Å². The topological polar surface area (TPSA) is 27.7 Å². The van der Waals surface area contributed by atoms with Crippen molar-refractivity contribution in [2.45, 2.75) is 49.9 Å². The van der Waals surface area contributed by atoms with Crippen LogP contribution in [0.15, 0.2) is 0 Å². The van der Waals surface area contributed by atoms with Gasteiger partial charge in [-0.05, 0) is 13.8 Å². The Kier molecular flexibility index (Phi) is 5.35. The van der Waals surface area contributed by atoms with E-state index in [2.05, 4.69) is 4.74 Å². The Morgan fingerprint density at radius 2 is 1.68 bits per heavy atom. The molecule has 22 heavy (non-hydrogen) atoms. The molecule has 132 valence electrons. The monoisotopic (exact) mass is 346 g/mol. The van der Waals surface area contributed by atoms with Gasteiger partial charge in [-0.15, -0.1) is 0 Å². The second-order valence-electron chi connectivity index (χ2n) is 5.17. The third-order valence-corrected chi connectivity index (χ3v) is 2.81. The molecule has 0 aliphatic carbocycles. The van der Waals surface area contributed by atoms with E-state index in [-0.39, 0.29) is 6.61 Å². The van der Waals surface area contributed by atoms with Crippen molar-refractivity contribution >= 4 is 0 Å². The lowest BCUT2D eigenvalue weighted by atomic mass is 10.1. The molecule has 3 nitrogen and oxygen atoms in total. The van der Waals surface area contributed by atoms with Gasteiger partial charge in [-0.3, -0.25) is 0 Å². The lowest BCUT2D eigenvalue weighted by Gasteiger charge is -2.32. The average molecular weight is 346 g/mol. The van der Waals surface area contributed by atoms with Crippen molar-refractivity contribution in [3.05, 3.63) is 0 Å². The fourth-order valence-electron chi connectivity index (χ4n) is 1.64. The first-order chi connectivity index (χ1) is 9.73. The Labute approximate surface area is 120 Å². The van der Waals surface area contributed by atoms with E-state index >= 15 is 0 Å². The Morgan fingerprint density at radius 3 is 2.09 bits per heavy atom. The van der Waals surface area contributed by atoms with Crippen LogP contribution in [0.1, 0.15) is 13.8 Å². The summed E-state index contributed by atoms with van der Waals surface area (Å²) in [6, 6.07) is 0. The molecule has 0 amide bonds. The number of hydrogen-bond acceptors (Lipinski definition) is 3. The number of rotatable bonds is 7. The molecule has 1 fully saturated rings. The maximum atomic E-state index is 13.1. The number of alkyl halides is 8. The molecule has 0 saturated carbocycles. The van der Waals surface area contributed by atoms with Gasteiger partial charge in [0.15, 0.2) is 5.79 Å². The Morgan fingerprint density at radius 1 is 1.14 bits per heavy atom. The van der Waals surface area contributed by atoms with E-state index in [0.29, 0.717) is 0 Å². The van der Waals surface area contributed by atoms with E-state index in [9.17, 15) is 35.1 Å². The quantitative estimate of drug-likeness (QED) is 0.662. The molecule has 1 unspecified atom stereocenters.